The summed E-state index contributed by atoms with van der Waals surface area (Å²) in [5.41, 5.74) is 1.89. The Labute approximate surface area is 107 Å². The van der Waals surface area contributed by atoms with Crippen molar-refractivity contribution in [2.75, 3.05) is 13.1 Å². The second-order valence-corrected chi connectivity index (χ2v) is 5.20. The molecule has 2 N–H and O–H groups in total. The molecule has 0 radical (unpaired) electrons. The van der Waals surface area contributed by atoms with E-state index in [9.17, 15) is 4.79 Å². The summed E-state index contributed by atoms with van der Waals surface area (Å²) in [5.74, 6) is 0.268. The Hall–Kier alpha value is -1.61. The Kier molecular flexibility index (Phi) is 2.92. The molecular weight excluding hydrogens is 224 g/mol. The number of Topliss-reactive ketones (excluding diaryl/α,β-unsaturated/α-hetero) is 1. The number of fused-ring (bicyclic) bond motifs is 1. The van der Waals surface area contributed by atoms with Gasteiger partial charge in [-0.3, -0.25) is 4.79 Å². The van der Waals surface area contributed by atoms with E-state index in [4.69, 9.17) is 0 Å². The fraction of sp³-hybridized carbons (Fsp3) is 0.400. The van der Waals surface area contributed by atoms with E-state index < -0.39 is 0 Å². The smallest absolute Gasteiger partial charge is 0.221 e. The number of carbonyl (C=O) groups excluding carboxylic acids is 1. The van der Waals surface area contributed by atoms with Crippen LogP contribution in [0.5, 0.6) is 0 Å². The molecule has 1 aliphatic rings. The molecule has 0 saturated carbocycles. The Balaban J connectivity index is 1.91. The minimum atomic E-state index is 0.0757. The lowest BCUT2D eigenvalue weighted by molar-refractivity contribution is -0.901. The van der Waals surface area contributed by atoms with Crippen molar-refractivity contribution in [2.45, 2.75) is 25.8 Å². The summed E-state index contributed by atoms with van der Waals surface area (Å²) in [4.78, 5) is 17.2. The quantitative estimate of drug-likeness (QED) is 0.786. The maximum atomic E-state index is 12.6. The Morgan fingerprint density at radius 3 is 2.78 bits per heavy atom. The van der Waals surface area contributed by atoms with Gasteiger partial charge < -0.3 is 9.88 Å². The molecular formula is C15H19N2O+. The topological polar surface area (TPSA) is 37.3 Å². The molecule has 1 aliphatic heterocycles. The van der Waals surface area contributed by atoms with Crippen LogP contribution in [0, 0.1) is 0 Å². The highest BCUT2D eigenvalue weighted by Gasteiger charge is 2.29. The van der Waals surface area contributed by atoms with Crippen molar-refractivity contribution in [1.82, 2.24) is 4.98 Å². The molecule has 2 heterocycles. The molecule has 3 rings (SSSR count). The zero-order valence-electron chi connectivity index (χ0n) is 10.7. The van der Waals surface area contributed by atoms with Crippen molar-refractivity contribution in [2.24, 2.45) is 0 Å². The lowest BCUT2D eigenvalue weighted by Crippen LogP contribution is -3.14. The molecule has 3 heteroatoms. The lowest BCUT2D eigenvalue weighted by atomic mass is 10.0. The number of hydrogen-bond donors (Lipinski definition) is 2. The fourth-order valence-electron chi connectivity index (χ4n) is 2.96. The highest BCUT2D eigenvalue weighted by atomic mass is 16.1. The number of likely N-dealkylation sites (tertiary alicyclic amines) is 1. The Morgan fingerprint density at radius 1 is 1.28 bits per heavy atom. The van der Waals surface area contributed by atoms with E-state index in [0.717, 1.165) is 29.6 Å². The van der Waals surface area contributed by atoms with Gasteiger partial charge in [-0.05, 0) is 13.0 Å². The van der Waals surface area contributed by atoms with Gasteiger partial charge in [0.05, 0.1) is 13.1 Å². The molecule has 2 aromatic rings. The average molecular weight is 243 g/mol. The first-order valence-electron chi connectivity index (χ1n) is 6.72. The van der Waals surface area contributed by atoms with Crippen molar-refractivity contribution < 1.29 is 9.69 Å². The number of nitrogens with one attached hydrogen (secondary N) is 2. The fourth-order valence-corrected chi connectivity index (χ4v) is 2.96. The SMILES string of the molecule is C[C@H](C(=O)c1c[nH]c2ccccc12)[NH+]1CCCC1. The van der Waals surface area contributed by atoms with Gasteiger partial charge in [0, 0.05) is 35.5 Å². The number of quaternary nitrogens is 1. The van der Waals surface area contributed by atoms with Crippen LogP contribution in [0.1, 0.15) is 30.1 Å². The number of rotatable bonds is 3. The molecule has 1 saturated heterocycles. The molecule has 18 heavy (non-hydrogen) atoms. The summed E-state index contributed by atoms with van der Waals surface area (Å²) in [7, 11) is 0. The molecule has 94 valence electrons. The maximum absolute atomic E-state index is 12.6. The number of carbonyl (C=O) groups is 1. The van der Waals surface area contributed by atoms with Crippen LogP contribution in [0.3, 0.4) is 0 Å². The summed E-state index contributed by atoms with van der Waals surface area (Å²) in [6.45, 7) is 4.33. The Bertz CT molecular complexity index is 567. The van der Waals surface area contributed by atoms with Crippen molar-refractivity contribution in [1.29, 1.82) is 0 Å². The molecule has 1 fully saturated rings. The van der Waals surface area contributed by atoms with Crippen LogP contribution in [-0.2, 0) is 0 Å². The van der Waals surface area contributed by atoms with Crippen LogP contribution >= 0.6 is 0 Å². The molecule has 1 aromatic carbocycles. The highest BCUT2D eigenvalue weighted by molar-refractivity contribution is 6.09. The van der Waals surface area contributed by atoms with Gasteiger partial charge in [0.25, 0.3) is 0 Å². The van der Waals surface area contributed by atoms with E-state index in [-0.39, 0.29) is 11.8 Å². The summed E-state index contributed by atoms with van der Waals surface area (Å²) < 4.78 is 0. The van der Waals surface area contributed by atoms with Gasteiger partial charge in [0.1, 0.15) is 6.04 Å². The van der Waals surface area contributed by atoms with Gasteiger partial charge in [0.15, 0.2) is 0 Å². The Morgan fingerprint density at radius 2 is 2.00 bits per heavy atom. The van der Waals surface area contributed by atoms with Crippen molar-refractivity contribution in [3.05, 3.63) is 36.0 Å². The van der Waals surface area contributed by atoms with Crippen molar-refractivity contribution in [3.8, 4) is 0 Å². The van der Waals surface area contributed by atoms with Crippen LogP contribution in [-0.4, -0.2) is 29.9 Å². The van der Waals surface area contributed by atoms with Crippen molar-refractivity contribution in [3.63, 3.8) is 0 Å². The minimum absolute atomic E-state index is 0.0757. The zero-order chi connectivity index (χ0) is 12.5. The van der Waals surface area contributed by atoms with Crippen LogP contribution in [0.25, 0.3) is 10.9 Å². The molecule has 0 amide bonds. The highest BCUT2D eigenvalue weighted by Crippen LogP contribution is 2.18. The standard InChI is InChI=1S/C15H18N2O/c1-11(17-8-4-5-9-17)15(18)13-10-16-14-7-3-2-6-12(13)14/h2-3,6-7,10-11,16H,4-5,8-9H2,1H3/p+1/t11-/m1/s1. The summed E-state index contributed by atoms with van der Waals surface area (Å²) in [5, 5.41) is 1.05. The number of H-pyrrole nitrogens is 1. The third-order valence-electron chi connectivity index (χ3n) is 4.11. The first-order chi connectivity index (χ1) is 8.77. The zero-order valence-corrected chi connectivity index (χ0v) is 10.7. The summed E-state index contributed by atoms with van der Waals surface area (Å²) in [6, 6.07) is 8.08. The average Bonchev–Trinajstić information content (AvgIpc) is 3.06. The first-order valence-corrected chi connectivity index (χ1v) is 6.72. The predicted octanol–water partition coefficient (Wildman–Crippen LogP) is 1.42. The molecule has 0 aliphatic carbocycles. The normalized spacial score (nSPS) is 18.3. The monoisotopic (exact) mass is 243 g/mol. The number of hydrogen-bond acceptors (Lipinski definition) is 1. The van der Waals surface area contributed by atoms with E-state index in [1.54, 1.807) is 0 Å². The third kappa shape index (κ3) is 1.85. The molecule has 0 bridgehead atoms. The number of ketones is 1. The number of aromatic nitrogens is 1. The lowest BCUT2D eigenvalue weighted by Gasteiger charge is -2.19. The van der Waals surface area contributed by atoms with E-state index in [0.29, 0.717) is 0 Å². The summed E-state index contributed by atoms with van der Waals surface area (Å²) >= 11 is 0. The van der Waals surface area contributed by atoms with Gasteiger partial charge in [-0.15, -0.1) is 0 Å². The van der Waals surface area contributed by atoms with E-state index in [2.05, 4.69) is 11.9 Å². The van der Waals surface area contributed by atoms with E-state index in [1.165, 1.54) is 17.7 Å². The first kappa shape index (κ1) is 11.5. The van der Waals surface area contributed by atoms with Gasteiger partial charge in [-0.1, -0.05) is 18.2 Å². The van der Waals surface area contributed by atoms with Crippen LogP contribution in [0.15, 0.2) is 30.5 Å². The minimum Gasteiger partial charge on any atom is -0.360 e. The van der Waals surface area contributed by atoms with Gasteiger partial charge in [-0.25, -0.2) is 0 Å². The molecule has 0 spiro atoms. The number of para-hydroxylation sites is 1. The predicted molar refractivity (Wildman–Crippen MR) is 72.0 cm³/mol. The molecule has 0 unspecified atom stereocenters. The third-order valence-corrected chi connectivity index (χ3v) is 4.11. The van der Waals surface area contributed by atoms with E-state index in [1.807, 2.05) is 30.5 Å². The summed E-state index contributed by atoms with van der Waals surface area (Å²) in [6.07, 6.45) is 4.36. The largest absolute Gasteiger partial charge is 0.360 e. The number of aromatic amines is 1. The number of benzene rings is 1. The van der Waals surface area contributed by atoms with Crippen LogP contribution in [0.2, 0.25) is 0 Å². The van der Waals surface area contributed by atoms with Gasteiger partial charge >= 0.3 is 0 Å². The second kappa shape index (κ2) is 4.58. The van der Waals surface area contributed by atoms with Gasteiger partial charge in [-0.2, -0.15) is 0 Å². The van der Waals surface area contributed by atoms with Crippen molar-refractivity contribution >= 4 is 16.7 Å². The second-order valence-electron chi connectivity index (χ2n) is 5.20. The van der Waals surface area contributed by atoms with Crippen LogP contribution < -0.4 is 4.90 Å². The molecule has 3 nitrogen and oxygen atoms in total. The molecule has 1 atom stereocenters. The maximum Gasteiger partial charge on any atom is 0.221 e. The molecule has 1 aromatic heterocycles. The van der Waals surface area contributed by atoms with E-state index >= 15 is 0 Å². The van der Waals surface area contributed by atoms with Gasteiger partial charge in [0.2, 0.25) is 5.78 Å². The van der Waals surface area contributed by atoms with Crippen LogP contribution in [0.4, 0.5) is 0 Å².